The van der Waals surface area contributed by atoms with Crippen molar-refractivity contribution in [3.8, 4) is 17.1 Å². The third kappa shape index (κ3) is 4.04. The predicted molar refractivity (Wildman–Crippen MR) is 100 cm³/mol. The number of hydrogen-bond acceptors (Lipinski definition) is 6. The van der Waals surface area contributed by atoms with E-state index in [4.69, 9.17) is 9.15 Å². The highest BCUT2D eigenvalue weighted by Gasteiger charge is 2.19. The minimum atomic E-state index is -1.42. The number of amides is 1. The van der Waals surface area contributed by atoms with Crippen LogP contribution in [0.15, 0.2) is 41.0 Å². The van der Waals surface area contributed by atoms with Crippen molar-refractivity contribution >= 4 is 22.6 Å². The quantitative estimate of drug-likeness (QED) is 0.428. The number of anilines is 1. The van der Waals surface area contributed by atoms with Gasteiger partial charge in [-0.05, 0) is 34.7 Å². The van der Waals surface area contributed by atoms with E-state index in [-0.39, 0.29) is 39.4 Å². The maximum atomic E-state index is 14.5. The number of fused-ring (bicyclic) bond motifs is 1. The molecule has 31 heavy (non-hydrogen) atoms. The van der Waals surface area contributed by atoms with E-state index in [0.29, 0.717) is 0 Å². The lowest BCUT2D eigenvalue weighted by molar-refractivity contribution is 0.102. The average molecular weight is 435 g/mol. The Labute approximate surface area is 171 Å². The van der Waals surface area contributed by atoms with E-state index in [2.05, 4.69) is 25.9 Å². The van der Waals surface area contributed by atoms with Crippen molar-refractivity contribution in [3.63, 3.8) is 0 Å². The zero-order chi connectivity index (χ0) is 22.0. The van der Waals surface area contributed by atoms with Crippen LogP contribution in [0.1, 0.15) is 10.4 Å². The first kappa shape index (κ1) is 20.3. The van der Waals surface area contributed by atoms with E-state index in [1.165, 1.54) is 12.1 Å². The fourth-order valence-electron chi connectivity index (χ4n) is 2.83. The summed E-state index contributed by atoms with van der Waals surface area (Å²) in [5.41, 5.74) is 0.311. The van der Waals surface area contributed by atoms with Gasteiger partial charge >= 0.3 is 0 Å². The van der Waals surface area contributed by atoms with Crippen LogP contribution in [0, 0.1) is 11.6 Å². The number of nitrogens with one attached hydrogen (secondary N) is 2. The van der Waals surface area contributed by atoms with E-state index < -0.39 is 37.0 Å². The number of hydrogen-bond donors (Lipinski definition) is 2. The van der Waals surface area contributed by atoms with Crippen LogP contribution < -0.4 is 10.1 Å². The number of furan rings is 1. The van der Waals surface area contributed by atoms with Crippen LogP contribution in [0.3, 0.4) is 0 Å². The number of alkyl halides is 2. The highest BCUT2D eigenvalue weighted by atomic mass is 19.1. The van der Waals surface area contributed by atoms with Crippen molar-refractivity contribution in [1.29, 1.82) is 0 Å². The number of carbonyl (C=O) groups excluding carboxylic acids is 1. The predicted octanol–water partition coefficient (Wildman–Crippen LogP) is 3.83. The van der Waals surface area contributed by atoms with Gasteiger partial charge in [0.05, 0.1) is 11.1 Å². The molecular formula is C19H13F4N5O3. The zero-order valence-corrected chi connectivity index (χ0v) is 15.5. The molecule has 4 aromatic rings. The fourth-order valence-corrected chi connectivity index (χ4v) is 2.83. The Kier molecular flexibility index (Phi) is 5.52. The van der Waals surface area contributed by atoms with Crippen LogP contribution >= 0.6 is 0 Å². The molecule has 0 saturated carbocycles. The summed E-state index contributed by atoms with van der Waals surface area (Å²) in [6, 6.07) is 5.78. The standard InChI is InChI=1S/C19H13F4N5O3/c20-6-10(7-21)31-16-2-1-9(3-15(16)23)24-19(29)13-8-30-17-5-12(14(22)4-11(13)17)18-25-27-28-26-18/h1-5,8,10H,6-7H2,(H,24,29)(H,25,26,27,28). The molecule has 0 fully saturated rings. The molecule has 2 heterocycles. The number of aromatic amines is 1. The first-order valence-corrected chi connectivity index (χ1v) is 8.84. The number of aromatic nitrogens is 4. The average Bonchev–Trinajstić information content (AvgIpc) is 3.42. The number of rotatable bonds is 7. The summed E-state index contributed by atoms with van der Waals surface area (Å²) in [5, 5.41) is 15.4. The molecule has 8 nitrogen and oxygen atoms in total. The molecule has 2 aromatic carbocycles. The zero-order valence-electron chi connectivity index (χ0n) is 15.5. The van der Waals surface area contributed by atoms with E-state index in [0.717, 1.165) is 24.5 Å². The van der Waals surface area contributed by atoms with Gasteiger partial charge in [0.25, 0.3) is 5.91 Å². The molecule has 1 amide bonds. The Morgan fingerprint density at radius 3 is 2.65 bits per heavy atom. The summed E-state index contributed by atoms with van der Waals surface area (Å²) in [6.07, 6.45) is -0.289. The van der Waals surface area contributed by atoms with E-state index in [9.17, 15) is 22.4 Å². The second-order valence-electron chi connectivity index (χ2n) is 6.38. The number of halogens is 4. The second-order valence-corrected chi connectivity index (χ2v) is 6.38. The van der Waals surface area contributed by atoms with Gasteiger partial charge in [-0.2, -0.15) is 0 Å². The molecule has 160 valence electrons. The molecule has 2 aromatic heterocycles. The van der Waals surface area contributed by atoms with Gasteiger partial charge in [-0.15, -0.1) is 5.10 Å². The van der Waals surface area contributed by atoms with E-state index >= 15 is 0 Å². The molecule has 0 radical (unpaired) electrons. The van der Waals surface area contributed by atoms with E-state index in [1.54, 1.807) is 0 Å². The topological polar surface area (TPSA) is 106 Å². The second kappa shape index (κ2) is 8.42. The maximum Gasteiger partial charge on any atom is 0.259 e. The highest BCUT2D eigenvalue weighted by Crippen LogP contribution is 2.29. The maximum absolute atomic E-state index is 14.5. The monoisotopic (exact) mass is 435 g/mol. The lowest BCUT2D eigenvalue weighted by Gasteiger charge is -2.14. The van der Waals surface area contributed by atoms with Crippen molar-refractivity contribution in [1.82, 2.24) is 20.6 Å². The third-order valence-electron chi connectivity index (χ3n) is 4.34. The van der Waals surface area contributed by atoms with Gasteiger partial charge in [0.1, 0.15) is 31.0 Å². The smallest absolute Gasteiger partial charge is 0.259 e. The first-order valence-electron chi connectivity index (χ1n) is 8.84. The number of ether oxygens (including phenoxy) is 1. The van der Waals surface area contributed by atoms with Gasteiger partial charge < -0.3 is 14.5 Å². The molecule has 12 heteroatoms. The molecular weight excluding hydrogens is 422 g/mol. The third-order valence-corrected chi connectivity index (χ3v) is 4.34. The largest absolute Gasteiger partial charge is 0.482 e. The van der Waals surface area contributed by atoms with Crippen LogP contribution in [0.25, 0.3) is 22.4 Å². The van der Waals surface area contributed by atoms with Gasteiger partial charge in [0, 0.05) is 17.1 Å². The van der Waals surface area contributed by atoms with Crippen LogP contribution in [-0.4, -0.2) is 46.0 Å². The van der Waals surface area contributed by atoms with Crippen molar-refractivity contribution in [3.05, 3.63) is 53.8 Å². The number of nitrogens with zero attached hydrogens (tertiary/aromatic N) is 3. The van der Waals surface area contributed by atoms with Crippen molar-refractivity contribution in [2.75, 3.05) is 18.7 Å². The molecule has 4 rings (SSSR count). The van der Waals surface area contributed by atoms with Crippen LogP contribution in [0.5, 0.6) is 5.75 Å². The fraction of sp³-hybridized carbons (Fsp3) is 0.158. The van der Waals surface area contributed by atoms with Crippen molar-refractivity contribution in [2.45, 2.75) is 6.10 Å². The molecule has 0 aliphatic rings. The Balaban J connectivity index is 1.56. The molecule has 0 spiro atoms. The highest BCUT2D eigenvalue weighted by molar-refractivity contribution is 6.12. The number of tetrazole rings is 1. The summed E-state index contributed by atoms with van der Waals surface area (Å²) >= 11 is 0. The molecule has 0 aliphatic heterocycles. The van der Waals surface area contributed by atoms with Gasteiger partial charge in [-0.25, -0.2) is 22.7 Å². The van der Waals surface area contributed by atoms with Gasteiger partial charge in [0.15, 0.2) is 23.5 Å². The number of H-pyrrole nitrogens is 1. The Morgan fingerprint density at radius 1 is 1.16 bits per heavy atom. The summed E-state index contributed by atoms with van der Waals surface area (Å²) in [4.78, 5) is 12.6. The molecule has 2 N–H and O–H groups in total. The van der Waals surface area contributed by atoms with Crippen molar-refractivity contribution < 1.29 is 31.5 Å². The lowest BCUT2D eigenvalue weighted by atomic mass is 10.1. The molecule has 0 aliphatic carbocycles. The molecule has 0 saturated heterocycles. The summed E-state index contributed by atoms with van der Waals surface area (Å²) in [7, 11) is 0. The van der Waals surface area contributed by atoms with Crippen LogP contribution in [-0.2, 0) is 0 Å². The molecule has 0 bridgehead atoms. The SMILES string of the molecule is O=C(Nc1ccc(OC(CF)CF)c(F)c1)c1coc2cc(-c3nnn[nH]3)c(F)cc12. The summed E-state index contributed by atoms with van der Waals surface area (Å²) < 4.78 is 64.0. The minimum absolute atomic E-state index is 0.00630. The summed E-state index contributed by atoms with van der Waals surface area (Å²) in [6.45, 7) is -2.24. The number of benzene rings is 2. The first-order chi connectivity index (χ1) is 15.0. The molecule has 0 atom stereocenters. The van der Waals surface area contributed by atoms with Crippen LogP contribution in [0.4, 0.5) is 23.2 Å². The Bertz CT molecular complexity index is 1220. The lowest BCUT2D eigenvalue weighted by Crippen LogP contribution is -2.21. The Hall–Kier alpha value is -3.96. The minimum Gasteiger partial charge on any atom is -0.482 e. The van der Waals surface area contributed by atoms with Gasteiger partial charge in [-0.3, -0.25) is 4.79 Å². The number of carbonyl (C=O) groups is 1. The van der Waals surface area contributed by atoms with Gasteiger partial charge in [-0.1, -0.05) is 0 Å². The van der Waals surface area contributed by atoms with Crippen LogP contribution in [0.2, 0.25) is 0 Å². The van der Waals surface area contributed by atoms with E-state index in [1.807, 2.05) is 0 Å². The normalized spacial score (nSPS) is 11.3. The Morgan fingerprint density at radius 2 is 1.97 bits per heavy atom. The van der Waals surface area contributed by atoms with Gasteiger partial charge in [0.2, 0.25) is 0 Å². The van der Waals surface area contributed by atoms with Crippen molar-refractivity contribution in [2.24, 2.45) is 0 Å². The molecule has 0 unspecified atom stereocenters. The summed E-state index contributed by atoms with van der Waals surface area (Å²) in [5.74, 6) is -2.57.